The number of rotatable bonds is 5. The van der Waals surface area contributed by atoms with Gasteiger partial charge in [-0.25, -0.2) is 0 Å². The summed E-state index contributed by atoms with van der Waals surface area (Å²) in [5.74, 6) is 0. The van der Waals surface area contributed by atoms with E-state index in [0.717, 1.165) is 33.4 Å². The summed E-state index contributed by atoms with van der Waals surface area (Å²) in [7, 11) is 0. The zero-order chi connectivity index (χ0) is 13.7. The molecule has 0 saturated carbocycles. The smallest absolute Gasteiger partial charge is 0.0687 e. The predicted octanol–water partition coefficient (Wildman–Crippen LogP) is 1.73. The maximum atomic E-state index is 9.43. The van der Waals surface area contributed by atoms with Gasteiger partial charge >= 0.3 is 0 Å². The van der Waals surface area contributed by atoms with Gasteiger partial charge in [-0.1, -0.05) is 12.1 Å². The number of hydrogen-bond acceptors (Lipinski definition) is 3. The Morgan fingerprint density at radius 2 is 1.89 bits per heavy atom. The van der Waals surface area contributed by atoms with Gasteiger partial charge in [-0.3, -0.25) is 0 Å². The van der Waals surface area contributed by atoms with Crippen molar-refractivity contribution in [2.45, 2.75) is 33.8 Å². The quantitative estimate of drug-likeness (QED) is 0.746. The van der Waals surface area contributed by atoms with Gasteiger partial charge in [0, 0.05) is 6.61 Å². The van der Waals surface area contributed by atoms with E-state index in [2.05, 4.69) is 0 Å². The van der Waals surface area contributed by atoms with Crippen LogP contribution in [0.4, 0.5) is 0 Å². The molecule has 0 saturated heterocycles. The second-order valence-electron chi connectivity index (χ2n) is 4.65. The fourth-order valence-electron chi connectivity index (χ4n) is 2.25. The lowest BCUT2D eigenvalue weighted by Crippen LogP contribution is -2.04. The molecule has 3 N–H and O–H groups in total. The highest BCUT2D eigenvalue weighted by molar-refractivity contribution is 5.63. The summed E-state index contributed by atoms with van der Waals surface area (Å²) in [4.78, 5) is 0. The Bertz CT molecular complexity index is 448. The molecular formula is C15H22O3. The highest BCUT2D eigenvalue weighted by atomic mass is 16.3. The molecule has 0 atom stereocenters. The topological polar surface area (TPSA) is 60.7 Å². The van der Waals surface area contributed by atoms with Crippen molar-refractivity contribution in [2.24, 2.45) is 0 Å². The van der Waals surface area contributed by atoms with Gasteiger partial charge in [-0.05, 0) is 60.6 Å². The summed E-state index contributed by atoms with van der Waals surface area (Å²) < 4.78 is 0. The first-order valence-corrected chi connectivity index (χ1v) is 6.16. The molecule has 0 aliphatic carbocycles. The van der Waals surface area contributed by atoms with Crippen LogP contribution in [0.5, 0.6) is 0 Å². The summed E-state index contributed by atoms with van der Waals surface area (Å²) in [5, 5.41) is 27.6. The maximum absolute atomic E-state index is 9.43. The molecule has 3 heteroatoms. The van der Waals surface area contributed by atoms with Crippen LogP contribution in [-0.2, 0) is 13.0 Å². The van der Waals surface area contributed by atoms with Crippen LogP contribution < -0.4 is 0 Å². The monoisotopic (exact) mass is 250 g/mol. The van der Waals surface area contributed by atoms with Crippen LogP contribution in [0.3, 0.4) is 0 Å². The third-order valence-corrected chi connectivity index (χ3v) is 3.24. The van der Waals surface area contributed by atoms with Crippen LogP contribution in [0.1, 0.15) is 34.7 Å². The summed E-state index contributed by atoms with van der Waals surface area (Å²) in [6.07, 6.45) is 2.52. The second kappa shape index (κ2) is 6.69. The second-order valence-corrected chi connectivity index (χ2v) is 4.65. The van der Waals surface area contributed by atoms with Gasteiger partial charge in [0.05, 0.1) is 13.2 Å². The van der Waals surface area contributed by atoms with Crippen molar-refractivity contribution in [3.8, 4) is 0 Å². The maximum Gasteiger partial charge on any atom is 0.0687 e. The minimum Gasteiger partial charge on any atom is -0.396 e. The zero-order valence-corrected chi connectivity index (χ0v) is 11.3. The normalized spacial score (nSPS) is 12.0. The number of aliphatic hydroxyl groups is 3. The van der Waals surface area contributed by atoms with Crippen LogP contribution >= 0.6 is 0 Å². The SMILES string of the molecule is CC(=Cc1c(CO)cc(C)c(CCO)c1C)CO. The standard InChI is InChI=1S/C15H22O3/c1-10(8-17)6-15-12(3)14(4-5-16)11(2)7-13(15)9-18/h6-7,16-18H,4-5,8-9H2,1-3H3. The van der Waals surface area contributed by atoms with Gasteiger partial charge in [0.15, 0.2) is 0 Å². The van der Waals surface area contributed by atoms with Gasteiger partial charge in [0.25, 0.3) is 0 Å². The molecule has 0 fully saturated rings. The van der Waals surface area contributed by atoms with Crippen LogP contribution in [-0.4, -0.2) is 28.5 Å². The Morgan fingerprint density at radius 3 is 2.39 bits per heavy atom. The molecule has 1 aromatic carbocycles. The van der Waals surface area contributed by atoms with Crippen molar-refractivity contribution in [1.82, 2.24) is 0 Å². The van der Waals surface area contributed by atoms with Crippen molar-refractivity contribution < 1.29 is 15.3 Å². The van der Waals surface area contributed by atoms with Crippen molar-refractivity contribution >= 4 is 6.08 Å². The minimum absolute atomic E-state index is 0.00746. The van der Waals surface area contributed by atoms with Gasteiger partial charge < -0.3 is 15.3 Å². The Balaban J connectivity index is 3.41. The van der Waals surface area contributed by atoms with Gasteiger partial charge in [-0.15, -0.1) is 0 Å². The van der Waals surface area contributed by atoms with E-state index in [4.69, 9.17) is 10.2 Å². The first kappa shape index (κ1) is 14.9. The molecule has 0 aliphatic rings. The molecule has 1 rings (SSSR count). The van der Waals surface area contributed by atoms with E-state index in [9.17, 15) is 5.11 Å². The molecule has 0 spiro atoms. The number of aryl methyl sites for hydroxylation is 1. The highest BCUT2D eigenvalue weighted by Crippen LogP contribution is 2.25. The Kier molecular flexibility index (Phi) is 5.54. The summed E-state index contributed by atoms with van der Waals surface area (Å²) in [5.41, 5.74) is 5.95. The summed E-state index contributed by atoms with van der Waals surface area (Å²) >= 11 is 0. The van der Waals surface area contributed by atoms with Crippen molar-refractivity contribution in [2.75, 3.05) is 13.2 Å². The molecule has 100 valence electrons. The number of benzene rings is 1. The molecule has 0 unspecified atom stereocenters. The lowest BCUT2D eigenvalue weighted by atomic mass is 9.90. The summed E-state index contributed by atoms with van der Waals surface area (Å²) in [6.45, 7) is 5.94. The molecule has 3 nitrogen and oxygen atoms in total. The molecular weight excluding hydrogens is 228 g/mol. The van der Waals surface area contributed by atoms with Crippen molar-refractivity contribution in [3.05, 3.63) is 39.5 Å². The van der Waals surface area contributed by atoms with E-state index in [-0.39, 0.29) is 19.8 Å². The number of aliphatic hydroxyl groups excluding tert-OH is 3. The van der Waals surface area contributed by atoms with E-state index < -0.39 is 0 Å². The van der Waals surface area contributed by atoms with Crippen LogP contribution in [0.15, 0.2) is 11.6 Å². The van der Waals surface area contributed by atoms with Crippen LogP contribution in [0.2, 0.25) is 0 Å². The van der Waals surface area contributed by atoms with Crippen molar-refractivity contribution in [1.29, 1.82) is 0 Å². The van der Waals surface area contributed by atoms with E-state index in [0.29, 0.717) is 6.42 Å². The lowest BCUT2D eigenvalue weighted by Gasteiger charge is -2.16. The fourth-order valence-corrected chi connectivity index (χ4v) is 2.25. The van der Waals surface area contributed by atoms with E-state index in [1.807, 2.05) is 32.9 Å². The van der Waals surface area contributed by atoms with Crippen LogP contribution in [0, 0.1) is 13.8 Å². The third-order valence-electron chi connectivity index (χ3n) is 3.24. The van der Waals surface area contributed by atoms with E-state index >= 15 is 0 Å². The number of hydrogen-bond donors (Lipinski definition) is 3. The highest BCUT2D eigenvalue weighted by Gasteiger charge is 2.11. The predicted molar refractivity (Wildman–Crippen MR) is 73.4 cm³/mol. The van der Waals surface area contributed by atoms with Gasteiger partial charge in [0.1, 0.15) is 0 Å². The molecule has 1 aromatic rings. The molecule has 0 aliphatic heterocycles. The molecule has 0 amide bonds. The molecule has 0 bridgehead atoms. The first-order valence-electron chi connectivity index (χ1n) is 6.16. The molecule has 0 heterocycles. The van der Waals surface area contributed by atoms with Gasteiger partial charge in [-0.2, -0.15) is 0 Å². The molecule has 18 heavy (non-hydrogen) atoms. The third kappa shape index (κ3) is 3.19. The lowest BCUT2D eigenvalue weighted by molar-refractivity contribution is 0.281. The van der Waals surface area contributed by atoms with Crippen LogP contribution in [0.25, 0.3) is 6.08 Å². The van der Waals surface area contributed by atoms with Crippen molar-refractivity contribution in [3.63, 3.8) is 0 Å². The molecule has 0 radical (unpaired) electrons. The van der Waals surface area contributed by atoms with Gasteiger partial charge in [0.2, 0.25) is 0 Å². The van der Waals surface area contributed by atoms with E-state index in [1.54, 1.807) is 0 Å². The van der Waals surface area contributed by atoms with E-state index in [1.165, 1.54) is 0 Å². The Morgan fingerprint density at radius 1 is 1.22 bits per heavy atom. The first-order chi connectivity index (χ1) is 8.54. The molecule has 0 aromatic heterocycles. The Labute approximate surface area is 108 Å². The minimum atomic E-state index is -0.0222. The fraction of sp³-hybridized carbons (Fsp3) is 0.467. The average Bonchev–Trinajstić information content (AvgIpc) is 2.37. The Hall–Kier alpha value is -1.16. The average molecular weight is 250 g/mol. The summed E-state index contributed by atoms with van der Waals surface area (Å²) in [6, 6.07) is 1.95. The largest absolute Gasteiger partial charge is 0.396 e. The zero-order valence-electron chi connectivity index (χ0n) is 11.3.